The van der Waals surface area contributed by atoms with Crippen LogP contribution < -0.4 is 48.7 Å². The van der Waals surface area contributed by atoms with Gasteiger partial charge in [-0.05, 0) is 44.1 Å². The number of carbonyl (C=O) groups excluding carboxylic acids is 9. The van der Waals surface area contributed by atoms with Crippen molar-refractivity contribution in [3.05, 3.63) is 60.4 Å². The number of primary amides is 2. The Balaban J connectivity index is 3.53. The average Bonchev–Trinajstić information content (AvgIpc) is 3.23. The fourth-order valence-electron chi connectivity index (χ4n) is 5.67. The van der Waals surface area contributed by atoms with Gasteiger partial charge in [0.15, 0.2) is 0 Å². The standard InChI is InChI=1S/C43H67N9O12/c1-6-8-9-10-11-12-13-14-15-18-29(62-5)23-30-24-37(55)64-34(28(3)4)20-21-35(53)50-31(17-7-2)41(59)52-32(19-16-22-46-42(44)60)39(57)47-26-36(54)51-33(25-49-43(45)61)40(58)48-27-38(56)63-30/h10-11,13-15,17-18,20-21,28-30,32-34H,6-9,12,16,19,22-27H2,1-5H3,(H,47,57)(H,48,58)(H,50,53)(H,51,54)(H,52,59)(H3,44,46,60)(H3,45,49,61)/b11-10+,14-13+,18-15+,21-20+,31-17+. The lowest BCUT2D eigenvalue weighted by Crippen LogP contribution is -2.56. The van der Waals surface area contributed by atoms with E-state index >= 15 is 0 Å². The highest BCUT2D eigenvalue weighted by atomic mass is 16.6. The number of esters is 2. The minimum absolute atomic E-state index is 0.0101. The molecule has 64 heavy (non-hydrogen) atoms. The van der Waals surface area contributed by atoms with Crippen LogP contribution in [0.15, 0.2) is 60.4 Å². The highest BCUT2D eigenvalue weighted by molar-refractivity contribution is 6.02. The minimum Gasteiger partial charge on any atom is -0.460 e. The first-order chi connectivity index (χ1) is 30.5. The van der Waals surface area contributed by atoms with Crippen LogP contribution in [0.5, 0.6) is 0 Å². The third-order valence-electron chi connectivity index (χ3n) is 9.05. The lowest BCUT2D eigenvalue weighted by Gasteiger charge is -2.24. The molecule has 1 heterocycles. The Morgan fingerprint density at radius 1 is 0.875 bits per heavy atom. The molecule has 21 nitrogen and oxygen atoms in total. The third-order valence-corrected chi connectivity index (χ3v) is 9.05. The zero-order chi connectivity index (χ0) is 47.9. The number of ether oxygens (including phenoxy) is 3. The van der Waals surface area contributed by atoms with Crippen molar-refractivity contribution in [2.45, 2.75) is 116 Å². The number of hydrogen-bond acceptors (Lipinski definition) is 12. The molecule has 0 fully saturated rings. The molecule has 0 aliphatic carbocycles. The van der Waals surface area contributed by atoms with E-state index in [1.807, 2.05) is 12.2 Å². The Hall–Kier alpha value is -6.51. The molecule has 0 spiro atoms. The summed E-state index contributed by atoms with van der Waals surface area (Å²) in [6.45, 7) is 5.37. The van der Waals surface area contributed by atoms with Gasteiger partial charge in [0.05, 0.1) is 19.1 Å². The SMILES string of the molecule is CC/C=C1/NC(=O)/C=C/C(C(C)C)OC(=O)CC(CC(/C=C/C=C/C/C=C/CCCC)OC)OC(=O)CNC(=O)C(CNC(N)=O)NC(=O)CNC(=O)C(CCCNC(N)=O)NC1=O. The second kappa shape index (κ2) is 32.2. The fraction of sp³-hybridized carbons (Fsp3) is 0.558. The number of methoxy groups -OCH3 is 1. The fourth-order valence-corrected chi connectivity index (χ4v) is 5.67. The summed E-state index contributed by atoms with van der Waals surface area (Å²) in [5, 5.41) is 16.6. The second-order valence-electron chi connectivity index (χ2n) is 14.8. The average molecular weight is 902 g/mol. The summed E-state index contributed by atoms with van der Waals surface area (Å²) in [4.78, 5) is 115. The zero-order valence-electron chi connectivity index (χ0n) is 37.4. The van der Waals surface area contributed by atoms with Crippen molar-refractivity contribution >= 4 is 53.5 Å². The molecule has 0 aromatic rings. The van der Waals surface area contributed by atoms with Crippen molar-refractivity contribution in [1.29, 1.82) is 0 Å². The highest BCUT2D eigenvalue weighted by Gasteiger charge is 2.28. The maximum Gasteiger partial charge on any atom is 0.325 e. The van der Waals surface area contributed by atoms with Crippen molar-refractivity contribution < 1.29 is 57.4 Å². The summed E-state index contributed by atoms with van der Waals surface area (Å²) in [6.07, 6.45) is 16.4. The number of unbranched alkanes of at least 4 members (excludes halogenated alkanes) is 2. The van der Waals surface area contributed by atoms with Crippen molar-refractivity contribution in [3.63, 3.8) is 0 Å². The van der Waals surface area contributed by atoms with E-state index in [9.17, 15) is 43.2 Å². The second-order valence-corrected chi connectivity index (χ2v) is 14.8. The number of amides is 9. The Bertz CT molecular complexity index is 1730. The summed E-state index contributed by atoms with van der Waals surface area (Å²) in [6, 6.07) is -4.65. The van der Waals surface area contributed by atoms with Crippen LogP contribution in [0.2, 0.25) is 0 Å². The van der Waals surface area contributed by atoms with Crippen LogP contribution in [0, 0.1) is 5.92 Å². The summed E-state index contributed by atoms with van der Waals surface area (Å²) in [5.74, 6) is -6.45. The maximum atomic E-state index is 13.5. The summed E-state index contributed by atoms with van der Waals surface area (Å²) >= 11 is 0. The molecule has 9 amide bonds. The smallest absolute Gasteiger partial charge is 0.325 e. The van der Waals surface area contributed by atoms with E-state index in [4.69, 9.17) is 25.7 Å². The van der Waals surface area contributed by atoms with Gasteiger partial charge in [-0.15, -0.1) is 0 Å². The molecule has 1 aliphatic heterocycles. The van der Waals surface area contributed by atoms with Crippen LogP contribution >= 0.6 is 0 Å². The first-order valence-corrected chi connectivity index (χ1v) is 21.3. The Morgan fingerprint density at radius 2 is 1.58 bits per heavy atom. The highest BCUT2D eigenvalue weighted by Crippen LogP contribution is 2.16. The molecule has 0 aromatic heterocycles. The number of hydrogen-bond donors (Lipinski definition) is 9. The van der Waals surface area contributed by atoms with Gasteiger partial charge in [-0.1, -0.05) is 83.1 Å². The van der Waals surface area contributed by atoms with Crippen LogP contribution in [-0.2, 0) is 47.8 Å². The van der Waals surface area contributed by atoms with Crippen molar-refractivity contribution in [2.75, 3.05) is 33.3 Å². The van der Waals surface area contributed by atoms with Crippen LogP contribution in [0.25, 0.3) is 0 Å². The minimum atomic E-state index is -1.51. The van der Waals surface area contributed by atoms with Gasteiger partial charge in [0.25, 0.3) is 5.91 Å². The molecule has 5 unspecified atom stereocenters. The summed E-state index contributed by atoms with van der Waals surface area (Å²) in [5.41, 5.74) is 10.1. The number of cyclic esters (lactones) is 2. The third kappa shape index (κ3) is 25.4. The van der Waals surface area contributed by atoms with Crippen LogP contribution in [0.4, 0.5) is 9.59 Å². The van der Waals surface area contributed by atoms with E-state index in [1.165, 1.54) is 19.3 Å². The number of nitrogens with one attached hydrogen (secondary N) is 7. The van der Waals surface area contributed by atoms with Gasteiger partial charge in [0, 0.05) is 32.7 Å². The number of rotatable bonds is 18. The van der Waals surface area contributed by atoms with E-state index in [0.717, 1.165) is 31.8 Å². The molecule has 0 saturated carbocycles. The van der Waals surface area contributed by atoms with Gasteiger partial charge in [-0.25, -0.2) is 9.59 Å². The zero-order valence-corrected chi connectivity index (χ0v) is 37.4. The molecular weight excluding hydrogens is 835 g/mol. The van der Waals surface area contributed by atoms with Gasteiger partial charge in [-0.2, -0.15) is 0 Å². The maximum absolute atomic E-state index is 13.5. The van der Waals surface area contributed by atoms with E-state index in [1.54, 1.807) is 32.9 Å². The van der Waals surface area contributed by atoms with Gasteiger partial charge in [0.2, 0.25) is 23.6 Å². The molecule has 21 heteroatoms. The quantitative estimate of drug-likeness (QED) is 0.0304. The number of nitrogens with two attached hydrogens (primary N) is 2. The Labute approximate surface area is 374 Å². The van der Waals surface area contributed by atoms with Crippen molar-refractivity contribution in [1.82, 2.24) is 37.2 Å². The molecule has 1 aliphatic rings. The normalized spacial score (nSPS) is 22.2. The molecule has 0 radical (unpaired) electrons. The molecule has 1 rings (SSSR count). The largest absolute Gasteiger partial charge is 0.460 e. The van der Waals surface area contributed by atoms with E-state index in [-0.39, 0.29) is 43.8 Å². The lowest BCUT2D eigenvalue weighted by atomic mass is 10.1. The summed E-state index contributed by atoms with van der Waals surface area (Å²) < 4.78 is 16.9. The number of urea groups is 2. The molecule has 0 bridgehead atoms. The molecule has 0 aromatic carbocycles. The van der Waals surface area contributed by atoms with Crippen molar-refractivity contribution in [2.24, 2.45) is 17.4 Å². The monoisotopic (exact) mass is 901 g/mol. The first-order valence-electron chi connectivity index (χ1n) is 21.3. The van der Waals surface area contributed by atoms with Crippen molar-refractivity contribution in [3.8, 4) is 0 Å². The molecule has 356 valence electrons. The molecule has 0 saturated heterocycles. The Morgan fingerprint density at radius 3 is 2.23 bits per heavy atom. The van der Waals surface area contributed by atoms with E-state index in [0.29, 0.717) is 0 Å². The topological polar surface area (TPSA) is 318 Å². The number of carbonyl (C=O) groups is 9. The molecular formula is C43H67N9O12. The molecule has 11 N–H and O–H groups in total. The molecule has 5 atom stereocenters. The van der Waals surface area contributed by atoms with Gasteiger partial charge >= 0.3 is 24.0 Å². The lowest BCUT2D eigenvalue weighted by molar-refractivity contribution is -0.159. The predicted molar refractivity (Wildman–Crippen MR) is 236 cm³/mol. The van der Waals surface area contributed by atoms with E-state index < -0.39 is 110 Å². The van der Waals surface area contributed by atoms with Gasteiger partial charge in [0.1, 0.15) is 36.5 Å². The Kier molecular flexibility index (Phi) is 27.9. The first kappa shape index (κ1) is 55.5. The van der Waals surface area contributed by atoms with E-state index in [2.05, 4.69) is 56.3 Å². The van der Waals surface area contributed by atoms with Crippen LogP contribution in [0.3, 0.4) is 0 Å². The van der Waals surface area contributed by atoms with Gasteiger partial charge < -0.3 is 62.9 Å². The van der Waals surface area contributed by atoms with Crippen LogP contribution in [-0.4, -0.2) is 117 Å². The number of allylic oxidation sites excluding steroid dienone is 6. The predicted octanol–water partition coefficient (Wildman–Crippen LogP) is 0.809. The van der Waals surface area contributed by atoms with Gasteiger partial charge in [-0.3, -0.25) is 33.6 Å². The van der Waals surface area contributed by atoms with Crippen LogP contribution in [0.1, 0.15) is 85.5 Å². The summed E-state index contributed by atoms with van der Waals surface area (Å²) in [7, 11) is 1.44.